The quantitative estimate of drug-likeness (QED) is 0.643. The molecule has 0 amide bonds. The fraction of sp³-hybridized carbons (Fsp3) is 0.818. The van der Waals surface area contributed by atoms with Gasteiger partial charge in [0.15, 0.2) is 0 Å². The van der Waals surface area contributed by atoms with Crippen LogP contribution in [0.2, 0.25) is 19.6 Å². The van der Waals surface area contributed by atoms with Gasteiger partial charge in [0, 0.05) is 6.04 Å². The molecule has 13 heavy (non-hydrogen) atoms. The highest BCUT2D eigenvalue weighted by atomic mass is 28.3. The van der Waals surface area contributed by atoms with E-state index in [0.29, 0.717) is 12.0 Å². The Balaban J connectivity index is 2.93. The van der Waals surface area contributed by atoms with E-state index in [9.17, 15) is 0 Å². The molecule has 0 heterocycles. The van der Waals surface area contributed by atoms with Crippen molar-refractivity contribution in [3.63, 3.8) is 0 Å². The molecule has 0 radical (unpaired) electrons. The van der Waals surface area contributed by atoms with Crippen LogP contribution in [-0.4, -0.2) is 14.1 Å². The van der Waals surface area contributed by atoms with Crippen LogP contribution in [-0.2, 0) is 0 Å². The Hall–Kier alpha value is -0.0831. The summed E-state index contributed by atoms with van der Waals surface area (Å²) in [6.07, 6.45) is 3.70. The molecule has 0 spiro atoms. The lowest BCUT2D eigenvalue weighted by molar-refractivity contribution is 0.399. The van der Waals surface area contributed by atoms with E-state index in [1.807, 2.05) is 0 Å². The summed E-state index contributed by atoms with van der Waals surface area (Å²) in [5.74, 6) is 1.40. The first-order chi connectivity index (χ1) is 5.82. The molecule has 1 aliphatic carbocycles. The largest absolute Gasteiger partial charge is 0.324 e. The molecule has 76 valence electrons. The van der Waals surface area contributed by atoms with Crippen LogP contribution in [0.15, 0.2) is 11.3 Å². The molecular weight excluding hydrogens is 174 g/mol. The number of nitrogens with two attached hydrogens (primary N) is 1. The van der Waals surface area contributed by atoms with Gasteiger partial charge in [0.2, 0.25) is 0 Å². The van der Waals surface area contributed by atoms with Crippen LogP contribution in [0.1, 0.15) is 20.3 Å². The highest BCUT2D eigenvalue weighted by Gasteiger charge is 2.31. The standard InChI is InChI=1S/C11H23NSi/c1-8-6-9(2)11(12)10(7-8)13(3,4)5/h7-9,11H,6,12H2,1-5H3. The SMILES string of the molecule is CC1C=C([Si](C)(C)C)C(N)C(C)C1. The van der Waals surface area contributed by atoms with Gasteiger partial charge in [-0.25, -0.2) is 0 Å². The molecule has 0 aromatic carbocycles. The van der Waals surface area contributed by atoms with Gasteiger partial charge >= 0.3 is 0 Å². The molecule has 0 bridgehead atoms. The molecule has 2 heteroatoms. The van der Waals surface area contributed by atoms with Crippen LogP contribution < -0.4 is 5.73 Å². The van der Waals surface area contributed by atoms with Crippen molar-refractivity contribution in [1.82, 2.24) is 0 Å². The van der Waals surface area contributed by atoms with Gasteiger partial charge in [0.25, 0.3) is 0 Å². The van der Waals surface area contributed by atoms with E-state index in [4.69, 9.17) is 5.73 Å². The van der Waals surface area contributed by atoms with Crippen molar-refractivity contribution >= 4 is 8.07 Å². The second-order valence-electron chi connectivity index (χ2n) is 5.59. The maximum atomic E-state index is 6.24. The molecule has 1 nitrogen and oxygen atoms in total. The summed E-state index contributed by atoms with van der Waals surface area (Å²) in [7, 11) is -1.17. The van der Waals surface area contributed by atoms with Crippen molar-refractivity contribution in [2.75, 3.05) is 0 Å². The van der Waals surface area contributed by atoms with Gasteiger partial charge in [-0.15, -0.1) is 0 Å². The molecular formula is C11H23NSi. The van der Waals surface area contributed by atoms with Crippen LogP contribution in [0, 0.1) is 11.8 Å². The van der Waals surface area contributed by atoms with Gasteiger partial charge in [0.05, 0.1) is 8.07 Å². The van der Waals surface area contributed by atoms with Crippen molar-refractivity contribution in [2.45, 2.75) is 46.0 Å². The molecule has 0 saturated carbocycles. The second-order valence-corrected chi connectivity index (χ2v) is 10.7. The zero-order valence-corrected chi connectivity index (χ0v) is 10.6. The van der Waals surface area contributed by atoms with Gasteiger partial charge in [0.1, 0.15) is 0 Å². The predicted octanol–water partition coefficient (Wildman–Crippen LogP) is 2.79. The van der Waals surface area contributed by atoms with Crippen molar-refractivity contribution in [2.24, 2.45) is 17.6 Å². The number of allylic oxidation sites excluding steroid dienone is 1. The van der Waals surface area contributed by atoms with Gasteiger partial charge in [-0.05, 0) is 18.3 Å². The summed E-state index contributed by atoms with van der Waals surface area (Å²) in [6, 6.07) is 0.336. The molecule has 0 aromatic heterocycles. The van der Waals surface area contributed by atoms with Crippen molar-refractivity contribution in [3.8, 4) is 0 Å². The molecule has 1 rings (SSSR count). The first-order valence-electron chi connectivity index (χ1n) is 5.30. The average molecular weight is 197 g/mol. The van der Waals surface area contributed by atoms with Crippen LogP contribution in [0.4, 0.5) is 0 Å². The summed E-state index contributed by atoms with van der Waals surface area (Å²) in [5, 5.41) is 1.58. The fourth-order valence-electron chi connectivity index (χ4n) is 2.28. The minimum absolute atomic E-state index is 0.336. The van der Waals surface area contributed by atoms with E-state index >= 15 is 0 Å². The van der Waals surface area contributed by atoms with Crippen molar-refractivity contribution in [1.29, 1.82) is 0 Å². The summed E-state index contributed by atoms with van der Waals surface area (Å²) >= 11 is 0. The Morgan fingerprint density at radius 3 is 2.31 bits per heavy atom. The zero-order valence-electron chi connectivity index (χ0n) is 9.59. The third-order valence-electron chi connectivity index (χ3n) is 3.05. The first kappa shape index (κ1) is 11.0. The summed E-state index contributed by atoms with van der Waals surface area (Å²) in [4.78, 5) is 0. The zero-order chi connectivity index (χ0) is 10.2. The Labute approximate surface area is 83.4 Å². The van der Waals surface area contributed by atoms with E-state index in [1.54, 1.807) is 5.20 Å². The molecule has 0 aliphatic heterocycles. The smallest absolute Gasteiger partial charge is 0.0740 e. The molecule has 1 aliphatic rings. The van der Waals surface area contributed by atoms with Gasteiger partial charge in [-0.2, -0.15) is 0 Å². The van der Waals surface area contributed by atoms with Gasteiger partial charge in [-0.3, -0.25) is 0 Å². The van der Waals surface area contributed by atoms with E-state index in [1.165, 1.54) is 6.42 Å². The topological polar surface area (TPSA) is 26.0 Å². The minimum atomic E-state index is -1.17. The first-order valence-corrected chi connectivity index (χ1v) is 8.80. The van der Waals surface area contributed by atoms with Crippen LogP contribution in [0.3, 0.4) is 0 Å². The average Bonchev–Trinajstić information content (AvgIpc) is 1.94. The molecule has 0 fully saturated rings. The lowest BCUT2D eigenvalue weighted by atomic mass is 9.85. The van der Waals surface area contributed by atoms with E-state index in [-0.39, 0.29) is 0 Å². The number of hydrogen-bond donors (Lipinski definition) is 1. The third-order valence-corrected chi connectivity index (χ3v) is 5.28. The maximum Gasteiger partial charge on any atom is 0.0740 e. The Morgan fingerprint density at radius 2 is 1.85 bits per heavy atom. The molecule has 3 atom stereocenters. The third kappa shape index (κ3) is 2.44. The van der Waals surface area contributed by atoms with Gasteiger partial charge in [-0.1, -0.05) is 44.8 Å². The highest BCUT2D eigenvalue weighted by Crippen LogP contribution is 2.31. The van der Waals surface area contributed by atoms with Crippen LogP contribution in [0.5, 0.6) is 0 Å². The van der Waals surface area contributed by atoms with E-state index in [2.05, 4.69) is 39.6 Å². The normalized spacial score (nSPS) is 35.8. The lowest BCUT2D eigenvalue weighted by Gasteiger charge is -2.36. The minimum Gasteiger partial charge on any atom is -0.324 e. The Kier molecular flexibility index (Phi) is 3.03. The number of rotatable bonds is 1. The monoisotopic (exact) mass is 197 g/mol. The molecule has 3 unspecified atom stereocenters. The van der Waals surface area contributed by atoms with Crippen LogP contribution >= 0.6 is 0 Å². The Morgan fingerprint density at radius 1 is 1.31 bits per heavy atom. The predicted molar refractivity (Wildman–Crippen MR) is 62.3 cm³/mol. The molecule has 0 saturated heterocycles. The van der Waals surface area contributed by atoms with Crippen molar-refractivity contribution in [3.05, 3.63) is 11.3 Å². The highest BCUT2D eigenvalue weighted by molar-refractivity contribution is 6.83. The summed E-state index contributed by atoms with van der Waals surface area (Å²) in [5.41, 5.74) is 6.24. The fourth-order valence-corrected chi connectivity index (χ4v) is 4.34. The van der Waals surface area contributed by atoms with E-state index in [0.717, 1.165) is 5.92 Å². The maximum absolute atomic E-state index is 6.24. The second kappa shape index (κ2) is 3.58. The lowest BCUT2D eigenvalue weighted by Crippen LogP contribution is -2.44. The summed E-state index contributed by atoms with van der Waals surface area (Å²) < 4.78 is 0. The number of hydrogen-bond acceptors (Lipinski definition) is 1. The molecule has 2 N–H and O–H groups in total. The van der Waals surface area contributed by atoms with Gasteiger partial charge < -0.3 is 5.73 Å². The van der Waals surface area contributed by atoms with E-state index < -0.39 is 8.07 Å². The Bertz CT molecular complexity index is 215. The van der Waals surface area contributed by atoms with Crippen LogP contribution in [0.25, 0.3) is 0 Å². The summed E-state index contributed by atoms with van der Waals surface area (Å²) in [6.45, 7) is 11.8. The van der Waals surface area contributed by atoms with Crippen molar-refractivity contribution < 1.29 is 0 Å². The molecule has 0 aromatic rings.